The molecule has 4 atom stereocenters. The number of alkyl halides is 1. The number of carbonyl (C=O) groups excluding carboxylic acids is 1. The van der Waals surface area contributed by atoms with E-state index in [0.29, 0.717) is 0 Å². The average Bonchev–Trinajstić information content (AvgIpc) is 2.72. The number of hydrogen-bond donors (Lipinski definition) is 4. The molecule has 1 aliphatic rings. The van der Waals surface area contributed by atoms with Crippen LogP contribution >= 0.6 is 19.4 Å². The van der Waals surface area contributed by atoms with Crippen LogP contribution < -0.4 is 10.3 Å². The number of primary amides is 1. The number of phosphoric acid groups is 1. The third-order valence-electron chi connectivity index (χ3n) is 3.10. The second-order valence-corrected chi connectivity index (χ2v) is 6.43. The predicted octanol–water partition coefficient (Wildman–Crippen LogP) is -0.952. The van der Waals surface area contributed by atoms with Crippen molar-refractivity contribution in [2.45, 2.75) is 23.8 Å². The zero-order chi connectivity index (χ0) is 16.5. The second kappa shape index (κ2) is 6.59. The Balaban J connectivity index is 2.14. The molecule has 0 aromatic carbocycles. The zero-order valence-corrected chi connectivity index (χ0v) is 12.8. The van der Waals surface area contributed by atoms with Crippen LogP contribution in [-0.2, 0) is 13.8 Å². The number of rotatable bonds is 5. The molecule has 2 heterocycles. The summed E-state index contributed by atoms with van der Waals surface area (Å²) in [7, 11) is -4.68. The summed E-state index contributed by atoms with van der Waals surface area (Å²) in [6.45, 7) is -0.527. The van der Waals surface area contributed by atoms with Gasteiger partial charge < -0.3 is 25.4 Å². The van der Waals surface area contributed by atoms with Crippen LogP contribution in [0.3, 0.4) is 0 Å². The molecule has 1 amide bonds. The van der Waals surface area contributed by atoms with Gasteiger partial charge in [0, 0.05) is 6.07 Å². The summed E-state index contributed by atoms with van der Waals surface area (Å²) < 4.78 is 21.9. The van der Waals surface area contributed by atoms with Crippen molar-refractivity contribution in [3.8, 4) is 0 Å². The Kier molecular flexibility index (Phi) is 5.18. The second-order valence-electron chi connectivity index (χ2n) is 4.69. The summed E-state index contributed by atoms with van der Waals surface area (Å²) in [5.41, 5.74) is 5.41. The van der Waals surface area contributed by atoms with E-state index in [-0.39, 0.29) is 5.56 Å². The van der Waals surface area contributed by atoms with Crippen molar-refractivity contribution in [1.82, 2.24) is 0 Å². The van der Waals surface area contributed by atoms with Crippen LogP contribution in [0.4, 0.5) is 0 Å². The SMILES string of the molecule is NC(=O)c1ccc[n+]([C@@H]2O[C@H](COP(=O)(O)O)[C@@H](O)[C@@H]2Cl)c1. The topological polar surface area (TPSA) is 143 Å². The zero-order valence-electron chi connectivity index (χ0n) is 11.2. The highest BCUT2D eigenvalue weighted by atomic mass is 35.5. The summed E-state index contributed by atoms with van der Waals surface area (Å²) in [5.74, 6) is -0.639. The number of nitrogens with zero attached hydrogens (tertiary/aromatic N) is 1. The van der Waals surface area contributed by atoms with E-state index >= 15 is 0 Å². The highest BCUT2D eigenvalue weighted by molar-refractivity contribution is 7.46. The molecule has 22 heavy (non-hydrogen) atoms. The van der Waals surface area contributed by atoms with Gasteiger partial charge in [-0.2, -0.15) is 4.57 Å². The van der Waals surface area contributed by atoms with Crippen LogP contribution in [0.1, 0.15) is 16.6 Å². The van der Waals surface area contributed by atoms with Crippen molar-refractivity contribution in [3.63, 3.8) is 0 Å². The first-order valence-corrected chi connectivity index (χ1v) is 8.14. The number of ether oxygens (including phenoxy) is 1. The first kappa shape index (κ1) is 17.3. The lowest BCUT2D eigenvalue weighted by Gasteiger charge is -2.13. The molecule has 1 fully saturated rings. The van der Waals surface area contributed by atoms with Crippen molar-refractivity contribution in [2.24, 2.45) is 5.73 Å². The summed E-state index contributed by atoms with van der Waals surface area (Å²) >= 11 is 6.08. The van der Waals surface area contributed by atoms with E-state index in [4.69, 9.17) is 31.9 Å². The number of aliphatic hydroxyl groups excluding tert-OH is 1. The van der Waals surface area contributed by atoms with E-state index in [9.17, 15) is 14.5 Å². The van der Waals surface area contributed by atoms with Crippen LogP contribution in [0.25, 0.3) is 0 Å². The fraction of sp³-hybridized carbons (Fsp3) is 0.455. The lowest BCUT2D eigenvalue weighted by molar-refractivity contribution is -0.758. The molecule has 1 aliphatic heterocycles. The normalized spacial score (nSPS) is 28.7. The number of halogens is 1. The minimum absolute atomic E-state index is 0.222. The van der Waals surface area contributed by atoms with Crippen molar-refractivity contribution in [2.75, 3.05) is 6.61 Å². The number of amides is 1. The molecule has 2 rings (SSSR count). The Labute approximate surface area is 130 Å². The van der Waals surface area contributed by atoms with Gasteiger partial charge in [-0.15, -0.1) is 11.6 Å². The van der Waals surface area contributed by atoms with Gasteiger partial charge in [0.05, 0.1) is 6.61 Å². The van der Waals surface area contributed by atoms with Gasteiger partial charge in [-0.25, -0.2) is 4.57 Å². The molecular weight excluding hydrogens is 339 g/mol. The highest BCUT2D eigenvalue weighted by Crippen LogP contribution is 2.38. The van der Waals surface area contributed by atoms with Crippen molar-refractivity contribution < 1.29 is 38.1 Å². The predicted molar refractivity (Wildman–Crippen MR) is 72.7 cm³/mol. The molecule has 1 saturated heterocycles. The van der Waals surface area contributed by atoms with E-state index in [1.807, 2.05) is 0 Å². The fourth-order valence-electron chi connectivity index (χ4n) is 2.05. The van der Waals surface area contributed by atoms with Crippen molar-refractivity contribution >= 4 is 25.3 Å². The number of hydrogen-bond acceptors (Lipinski definition) is 5. The number of pyridine rings is 1. The number of nitrogens with two attached hydrogens (primary N) is 1. The first-order chi connectivity index (χ1) is 10.2. The Hall–Kier alpha value is -1.06. The van der Waals surface area contributed by atoms with E-state index < -0.39 is 44.1 Å². The lowest BCUT2D eigenvalue weighted by atomic mass is 10.2. The van der Waals surface area contributed by atoms with Crippen LogP contribution in [0.2, 0.25) is 0 Å². The maximum Gasteiger partial charge on any atom is 0.469 e. The number of aromatic nitrogens is 1. The van der Waals surface area contributed by atoms with Gasteiger partial charge in [0.25, 0.3) is 12.1 Å². The molecule has 0 bridgehead atoms. The molecule has 5 N–H and O–H groups in total. The van der Waals surface area contributed by atoms with Gasteiger partial charge in [0.15, 0.2) is 17.8 Å². The Morgan fingerprint density at radius 3 is 2.82 bits per heavy atom. The van der Waals surface area contributed by atoms with Crippen LogP contribution in [0.5, 0.6) is 0 Å². The lowest BCUT2D eigenvalue weighted by Crippen LogP contribution is -2.44. The highest BCUT2D eigenvalue weighted by Gasteiger charge is 2.48. The van der Waals surface area contributed by atoms with E-state index in [0.717, 1.165) is 0 Å². The minimum atomic E-state index is -4.68. The molecule has 0 spiro atoms. The number of phosphoric ester groups is 1. The van der Waals surface area contributed by atoms with Gasteiger partial charge in [0.2, 0.25) is 0 Å². The monoisotopic (exact) mass is 353 g/mol. The fourth-order valence-corrected chi connectivity index (χ4v) is 2.74. The van der Waals surface area contributed by atoms with Gasteiger partial charge in [-0.05, 0) is 6.07 Å². The van der Waals surface area contributed by atoms with E-state index in [1.54, 1.807) is 12.3 Å². The van der Waals surface area contributed by atoms with E-state index in [1.165, 1.54) is 16.8 Å². The van der Waals surface area contributed by atoms with Crippen LogP contribution in [0, 0.1) is 0 Å². The van der Waals surface area contributed by atoms with Gasteiger partial charge in [-0.1, -0.05) is 0 Å². The minimum Gasteiger partial charge on any atom is -0.388 e. The third kappa shape index (κ3) is 4.02. The standard InChI is InChI=1S/C11H14ClN2O7P/c12-8-9(15)7(5-20-22(17,18)19)21-11(8)14-3-1-2-6(4-14)10(13)16/h1-4,7-9,11,15H,5H2,(H3-,13,16,17,18,19)/p+1/t7-,8+,9-,11-/m1/s1. The smallest absolute Gasteiger partial charge is 0.388 e. The largest absolute Gasteiger partial charge is 0.469 e. The molecule has 122 valence electrons. The van der Waals surface area contributed by atoms with E-state index in [2.05, 4.69) is 4.52 Å². The van der Waals surface area contributed by atoms with Crippen molar-refractivity contribution in [1.29, 1.82) is 0 Å². The molecule has 0 saturated carbocycles. The number of carbonyl (C=O) groups is 1. The summed E-state index contributed by atoms with van der Waals surface area (Å²) in [4.78, 5) is 28.5. The summed E-state index contributed by atoms with van der Waals surface area (Å²) in [5, 5.41) is 9.07. The van der Waals surface area contributed by atoms with Gasteiger partial charge >= 0.3 is 7.82 Å². The molecular formula is C11H15ClN2O7P+. The molecule has 11 heteroatoms. The van der Waals surface area contributed by atoms with Crippen LogP contribution in [0.15, 0.2) is 24.5 Å². The van der Waals surface area contributed by atoms with Gasteiger partial charge in [0.1, 0.15) is 17.8 Å². The summed E-state index contributed by atoms with van der Waals surface area (Å²) in [6.07, 6.45) is -0.110. The number of aliphatic hydroxyl groups is 1. The molecule has 0 unspecified atom stereocenters. The Morgan fingerprint density at radius 1 is 1.55 bits per heavy atom. The molecule has 9 nitrogen and oxygen atoms in total. The van der Waals surface area contributed by atoms with Gasteiger partial charge in [-0.3, -0.25) is 9.32 Å². The first-order valence-electron chi connectivity index (χ1n) is 6.17. The quantitative estimate of drug-likeness (QED) is 0.303. The van der Waals surface area contributed by atoms with Crippen molar-refractivity contribution in [3.05, 3.63) is 30.1 Å². The molecule has 0 aliphatic carbocycles. The third-order valence-corrected chi connectivity index (χ3v) is 4.06. The average molecular weight is 354 g/mol. The molecule has 1 aromatic rings. The maximum absolute atomic E-state index is 11.2. The molecule has 0 radical (unpaired) electrons. The molecule has 1 aromatic heterocycles. The summed E-state index contributed by atoms with van der Waals surface area (Å²) in [6, 6.07) is 3.06. The maximum atomic E-state index is 11.2. The Morgan fingerprint density at radius 2 is 2.23 bits per heavy atom. The van der Waals surface area contributed by atoms with Crippen LogP contribution in [-0.4, -0.2) is 45.0 Å². The Bertz CT molecular complexity index is 610.